The van der Waals surface area contributed by atoms with Crippen LogP contribution in [-0.2, 0) is 9.59 Å². The van der Waals surface area contributed by atoms with Gasteiger partial charge in [0.1, 0.15) is 12.6 Å². The van der Waals surface area contributed by atoms with E-state index in [1.807, 2.05) is 54.6 Å². The van der Waals surface area contributed by atoms with Gasteiger partial charge in [0.2, 0.25) is 11.8 Å². The van der Waals surface area contributed by atoms with Crippen molar-refractivity contribution in [1.29, 1.82) is 0 Å². The molecule has 0 aromatic heterocycles. The van der Waals surface area contributed by atoms with Gasteiger partial charge < -0.3 is 10.2 Å². The fourth-order valence-corrected chi connectivity index (χ4v) is 2.58. The molecule has 0 spiro atoms. The summed E-state index contributed by atoms with van der Waals surface area (Å²) in [6.45, 7) is 1.77. The summed E-state index contributed by atoms with van der Waals surface area (Å²) >= 11 is 0. The molecule has 21 heavy (non-hydrogen) atoms. The van der Waals surface area contributed by atoms with Gasteiger partial charge in [-0.25, -0.2) is 0 Å². The lowest BCUT2D eigenvalue weighted by atomic mass is 10.0. The minimum atomic E-state index is -0.491. The molecule has 1 atom stereocenters. The Balaban J connectivity index is 2.07. The number of anilines is 1. The highest BCUT2D eigenvalue weighted by Gasteiger charge is 2.31. The number of hydrogen-bond donors (Lipinski definition) is 1. The molecular weight excluding hydrogens is 264 g/mol. The Morgan fingerprint density at radius 1 is 1.00 bits per heavy atom. The van der Waals surface area contributed by atoms with Crippen LogP contribution in [-0.4, -0.2) is 24.4 Å². The average molecular weight is 280 g/mol. The Labute approximate surface area is 123 Å². The van der Waals surface area contributed by atoms with Crippen molar-refractivity contribution in [2.45, 2.75) is 13.0 Å². The minimum Gasteiger partial charge on any atom is -0.343 e. The van der Waals surface area contributed by atoms with Gasteiger partial charge in [0.25, 0.3) is 0 Å². The van der Waals surface area contributed by atoms with Crippen molar-refractivity contribution in [3.8, 4) is 11.1 Å². The van der Waals surface area contributed by atoms with Crippen LogP contribution in [0, 0.1) is 0 Å². The van der Waals surface area contributed by atoms with Gasteiger partial charge in [-0.15, -0.1) is 0 Å². The van der Waals surface area contributed by atoms with E-state index in [9.17, 15) is 9.59 Å². The second kappa shape index (κ2) is 5.40. The van der Waals surface area contributed by atoms with E-state index in [1.54, 1.807) is 11.8 Å². The van der Waals surface area contributed by atoms with E-state index in [0.29, 0.717) is 0 Å². The first-order valence-corrected chi connectivity index (χ1v) is 6.92. The van der Waals surface area contributed by atoms with Gasteiger partial charge in [0.15, 0.2) is 0 Å². The third-order valence-electron chi connectivity index (χ3n) is 3.60. The van der Waals surface area contributed by atoms with Crippen molar-refractivity contribution in [3.63, 3.8) is 0 Å². The standard InChI is InChI=1S/C17H16N2O2/c1-12-17(21)19(11-16(20)18-12)15-10-6-5-9-14(15)13-7-3-2-4-8-13/h2-10,12H,11H2,1H3,(H,18,20). The lowest BCUT2D eigenvalue weighted by Gasteiger charge is -2.32. The number of nitrogens with zero attached hydrogens (tertiary/aromatic N) is 1. The van der Waals surface area contributed by atoms with Crippen molar-refractivity contribution in [2.24, 2.45) is 0 Å². The molecule has 3 rings (SSSR count). The van der Waals surface area contributed by atoms with E-state index in [-0.39, 0.29) is 18.4 Å². The molecular formula is C17H16N2O2. The van der Waals surface area contributed by atoms with Gasteiger partial charge in [-0.2, -0.15) is 0 Å². The molecule has 1 fully saturated rings. The number of piperazine rings is 1. The summed E-state index contributed by atoms with van der Waals surface area (Å²) in [4.78, 5) is 25.7. The molecule has 4 nitrogen and oxygen atoms in total. The fraction of sp³-hybridized carbons (Fsp3) is 0.176. The van der Waals surface area contributed by atoms with E-state index in [1.165, 1.54) is 0 Å². The maximum atomic E-state index is 12.4. The summed E-state index contributed by atoms with van der Waals surface area (Å²) in [6.07, 6.45) is 0. The van der Waals surface area contributed by atoms with Crippen LogP contribution >= 0.6 is 0 Å². The second-order valence-electron chi connectivity index (χ2n) is 5.10. The Morgan fingerprint density at radius 3 is 2.43 bits per heavy atom. The fourth-order valence-electron chi connectivity index (χ4n) is 2.58. The second-order valence-corrected chi connectivity index (χ2v) is 5.10. The molecule has 1 aliphatic rings. The molecule has 106 valence electrons. The first-order chi connectivity index (χ1) is 10.2. The first-order valence-electron chi connectivity index (χ1n) is 6.92. The molecule has 1 N–H and O–H groups in total. The number of para-hydroxylation sites is 1. The zero-order chi connectivity index (χ0) is 14.8. The molecule has 1 saturated heterocycles. The minimum absolute atomic E-state index is 0.0625. The molecule has 2 aromatic rings. The molecule has 2 aromatic carbocycles. The van der Waals surface area contributed by atoms with E-state index >= 15 is 0 Å². The quantitative estimate of drug-likeness (QED) is 0.917. The maximum absolute atomic E-state index is 12.4. The first kappa shape index (κ1) is 13.4. The van der Waals surface area contributed by atoms with Gasteiger partial charge in [-0.1, -0.05) is 48.5 Å². The predicted molar refractivity (Wildman–Crippen MR) is 81.8 cm³/mol. The normalized spacial score (nSPS) is 18.5. The van der Waals surface area contributed by atoms with E-state index in [2.05, 4.69) is 5.32 Å². The average Bonchev–Trinajstić information content (AvgIpc) is 2.52. The van der Waals surface area contributed by atoms with Crippen molar-refractivity contribution >= 4 is 17.5 Å². The molecule has 1 heterocycles. The lowest BCUT2D eigenvalue weighted by molar-refractivity contribution is -0.130. The Kier molecular flexibility index (Phi) is 3.44. The molecule has 1 aliphatic heterocycles. The summed E-state index contributed by atoms with van der Waals surface area (Å²) in [5.41, 5.74) is 2.75. The highest BCUT2D eigenvalue weighted by molar-refractivity contribution is 6.08. The van der Waals surface area contributed by atoms with Crippen LogP contribution in [0.15, 0.2) is 54.6 Å². The van der Waals surface area contributed by atoms with Crippen LogP contribution in [0.4, 0.5) is 5.69 Å². The molecule has 1 unspecified atom stereocenters. The van der Waals surface area contributed by atoms with Gasteiger partial charge in [-0.3, -0.25) is 9.59 Å². The van der Waals surface area contributed by atoms with Crippen LogP contribution in [0.2, 0.25) is 0 Å². The van der Waals surface area contributed by atoms with Crippen molar-refractivity contribution in [3.05, 3.63) is 54.6 Å². The summed E-state index contributed by atoms with van der Waals surface area (Å²) in [6, 6.07) is 17.0. The monoisotopic (exact) mass is 280 g/mol. The van der Waals surface area contributed by atoms with Gasteiger partial charge in [0, 0.05) is 5.56 Å². The van der Waals surface area contributed by atoms with Gasteiger partial charge in [-0.05, 0) is 18.6 Å². The van der Waals surface area contributed by atoms with Gasteiger partial charge >= 0.3 is 0 Å². The molecule has 2 amide bonds. The van der Waals surface area contributed by atoms with E-state index < -0.39 is 6.04 Å². The maximum Gasteiger partial charge on any atom is 0.249 e. The molecule has 0 saturated carbocycles. The Bertz CT molecular complexity index is 682. The van der Waals surface area contributed by atoms with Crippen LogP contribution in [0.5, 0.6) is 0 Å². The highest BCUT2D eigenvalue weighted by atomic mass is 16.2. The number of hydrogen-bond acceptors (Lipinski definition) is 2. The SMILES string of the molecule is CC1NC(=O)CN(c2ccccc2-c2ccccc2)C1=O. The lowest BCUT2D eigenvalue weighted by Crippen LogP contribution is -2.57. The molecule has 0 aliphatic carbocycles. The largest absolute Gasteiger partial charge is 0.343 e. The van der Waals surface area contributed by atoms with Gasteiger partial charge in [0.05, 0.1) is 5.69 Å². The predicted octanol–water partition coefficient (Wildman–Crippen LogP) is 2.20. The van der Waals surface area contributed by atoms with Crippen molar-refractivity contribution in [1.82, 2.24) is 5.32 Å². The molecule has 0 radical (unpaired) electrons. The summed E-state index contributed by atoms with van der Waals surface area (Å²) in [5.74, 6) is -0.219. The number of amides is 2. The summed E-state index contributed by atoms with van der Waals surface area (Å²) in [5, 5.41) is 2.66. The van der Waals surface area contributed by atoms with Crippen LogP contribution in [0.3, 0.4) is 0 Å². The number of benzene rings is 2. The topological polar surface area (TPSA) is 49.4 Å². The van der Waals surface area contributed by atoms with Crippen molar-refractivity contribution in [2.75, 3.05) is 11.4 Å². The third kappa shape index (κ3) is 2.52. The smallest absolute Gasteiger partial charge is 0.249 e. The Hall–Kier alpha value is -2.62. The Morgan fingerprint density at radius 2 is 1.67 bits per heavy atom. The van der Waals surface area contributed by atoms with Crippen LogP contribution in [0.25, 0.3) is 11.1 Å². The molecule has 0 bridgehead atoms. The van der Waals surface area contributed by atoms with E-state index in [0.717, 1.165) is 16.8 Å². The van der Waals surface area contributed by atoms with Crippen LogP contribution < -0.4 is 10.2 Å². The number of rotatable bonds is 2. The zero-order valence-corrected chi connectivity index (χ0v) is 11.7. The highest BCUT2D eigenvalue weighted by Crippen LogP contribution is 2.31. The van der Waals surface area contributed by atoms with Crippen molar-refractivity contribution < 1.29 is 9.59 Å². The summed E-state index contributed by atoms with van der Waals surface area (Å²) in [7, 11) is 0. The zero-order valence-electron chi connectivity index (χ0n) is 11.7. The van der Waals surface area contributed by atoms with Crippen LogP contribution in [0.1, 0.15) is 6.92 Å². The third-order valence-corrected chi connectivity index (χ3v) is 3.60. The number of carbonyl (C=O) groups excluding carboxylic acids is 2. The van der Waals surface area contributed by atoms with E-state index in [4.69, 9.17) is 0 Å². The number of carbonyl (C=O) groups is 2. The molecule has 4 heteroatoms. The summed E-state index contributed by atoms with van der Waals surface area (Å²) < 4.78 is 0. The number of nitrogens with one attached hydrogen (secondary N) is 1.